The molecule has 22 heavy (non-hydrogen) atoms. The van der Waals surface area contributed by atoms with E-state index < -0.39 is 0 Å². The van der Waals surface area contributed by atoms with Crippen molar-refractivity contribution in [3.8, 4) is 34.0 Å². The standard InChI is InChI=1S/C17H15ClN2O2/c1-21-13-7-3-11(4-8-13)15-16(20-17(18)19-15)12-5-9-14(22-2)10-6-12/h3-10H,1-2H3,(H,19,20). The third kappa shape index (κ3) is 2.78. The number of methoxy groups -OCH3 is 2. The fourth-order valence-corrected chi connectivity index (χ4v) is 2.45. The van der Waals surface area contributed by atoms with E-state index in [1.165, 1.54) is 0 Å². The molecule has 0 radical (unpaired) electrons. The molecule has 3 aromatic rings. The van der Waals surface area contributed by atoms with E-state index in [4.69, 9.17) is 21.1 Å². The number of H-pyrrole nitrogens is 1. The predicted octanol–water partition coefficient (Wildman–Crippen LogP) is 4.41. The lowest BCUT2D eigenvalue weighted by Crippen LogP contribution is -1.87. The van der Waals surface area contributed by atoms with E-state index in [9.17, 15) is 0 Å². The molecule has 0 aliphatic rings. The summed E-state index contributed by atoms with van der Waals surface area (Å²) in [4.78, 5) is 7.50. The van der Waals surface area contributed by atoms with Gasteiger partial charge in [-0.05, 0) is 60.1 Å². The molecule has 0 amide bonds. The lowest BCUT2D eigenvalue weighted by molar-refractivity contribution is 0.414. The molecule has 0 aliphatic carbocycles. The zero-order chi connectivity index (χ0) is 15.5. The second-order valence-electron chi connectivity index (χ2n) is 4.71. The number of nitrogens with zero attached hydrogens (tertiary/aromatic N) is 1. The number of halogens is 1. The van der Waals surface area contributed by atoms with Crippen molar-refractivity contribution < 1.29 is 9.47 Å². The molecule has 0 fully saturated rings. The van der Waals surface area contributed by atoms with Crippen LogP contribution in [0, 0.1) is 0 Å². The summed E-state index contributed by atoms with van der Waals surface area (Å²) in [7, 11) is 3.29. The van der Waals surface area contributed by atoms with Crippen LogP contribution in [0.5, 0.6) is 11.5 Å². The van der Waals surface area contributed by atoms with Gasteiger partial charge in [0.05, 0.1) is 25.6 Å². The second-order valence-corrected chi connectivity index (χ2v) is 5.07. The zero-order valence-corrected chi connectivity index (χ0v) is 13.0. The summed E-state index contributed by atoms with van der Waals surface area (Å²) in [6.45, 7) is 0. The van der Waals surface area contributed by atoms with Crippen molar-refractivity contribution in [3.63, 3.8) is 0 Å². The topological polar surface area (TPSA) is 47.1 Å². The van der Waals surface area contributed by atoms with Crippen LogP contribution in [0.25, 0.3) is 22.5 Å². The van der Waals surface area contributed by atoms with Crippen molar-refractivity contribution in [2.45, 2.75) is 0 Å². The zero-order valence-electron chi connectivity index (χ0n) is 12.3. The summed E-state index contributed by atoms with van der Waals surface area (Å²) < 4.78 is 10.4. The van der Waals surface area contributed by atoms with Crippen LogP contribution >= 0.6 is 11.6 Å². The van der Waals surface area contributed by atoms with E-state index in [1.54, 1.807) is 14.2 Å². The summed E-state index contributed by atoms with van der Waals surface area (Å²) in [6, 6.07) is 15.5. The fourth-order valence-electron chi connectivity index (χ4n) is 2.27. The van der Waals surface area contributed by atoms with Crippen LogP contribution in [0.1, 0.15) is 0 Å². The van der Waals surface area contributed by atoms with Crippen molar-refractivity contribution in [1.82, 2.24) is 9.97 Å². The number of hydrogen-bond acceptors (Lipinski definition) is 3. The lowest BCUT2D eigenvalue weighted by atomic mass is 10.0. The van der Waals surface area contributed by atoms with Crippen LogP contribution in [0.2, 0.25) is 5.28 Å². The molecule has 0 unspecified atom stereocenters. The Morgan fingerprint density at radius 1 is 0.818 bits per heavy atom. The highest BCUT2D eigenvalue weighted by Gasteiger charge is 2.13. The van der Waals surface area contributed by atoms with Crippen molar-refractivity contribution in [3.05, 3.63) is 53.8 Å². The summed E-state index contributed by atoms with van der Waals surface area (Å²) in [6.07, 6.45) is 0. The first kappa shape index (κ1) is 14.5. The smallest absolute Gasteiger partial charge is 0.201 e. The van der Waals surface area contributed by atoms with E-state index in [2.05, 4.69) is 9.97 Å². The Morgan fingerprint density at radius 3 is 1.82 bits per heavy atom. The molecule has 5 heteroatoms. The van der Waals surface area contributed by atoms with E-state index in [0.29, 0.717) is 5.28 Å². The number of hydrogen-bond donors (Lipinski definition) is 1. The minimum Gasteiger partial charge on any atom is -0.497 e. The third-order valence-corrected chi connectivity index (χ3v) is 3.60. The molecule has 1 heterocycles. The van der Waals surface area contributed by atoms with E-state index in [1.807, 2.05) is 48.5 Å². The summed E-state index contributed by atoms with van der Waals surface area (Å²) >= 11 is 6.07. The molecule has 0 atom stereocenters. The molecule has 2 aromatic carbocycles. The van der Waals surface area contributed by atoms with Gasteiger partial charge in [0.15, 0.2) is 0 Å². The second kappa shape index (κ2) is 6.12. The normalized spacial score (nSPS) is 10.5. The Kier molecular flexibility index (Phi) is 4.02. The molecule has 4 nitrogen and oxygen atoms in total. The minimum atomic E-state index is 0.358. The summed E-state index contributed by atoms with van der Waals surface area (Å²) in [5, 5.41) is 0.358. The number of aromatic amines is 1. The maximum Gasteiger partial charge on any atom is 0.201 e. The fraction of sp³-hybridized carbons (Fsp3) is 0.118. The van der Waals surface area contributed by atoms with Gasteiger partial charge in [-0.15, -0.1) is 0 Å². The molecule has 0 saturated carbocycles. The van der Waals surface area contributed by atoms with E-state index >= 15 is 0 Å². The largest absolute Gasteiger partial charge is 0.497 e. The molecule has 0 aliphatic heterocycles. The first-order valence-electron chi connectivity index (χ1n) is 6.75. The van der Waals surface area contributed by atoms with Gasteiger partial charge >= 0.3 is 0 Å². The Hall–Kier alpha value is -2.46. The van der Waals surface area contributed by atoms with Crippen molar-refractivity contribution in [1.29, 1.82) is 0 Å². The number of nitrogens with one attached hydrogen (secondary N) is 1. The van der Waals surface area contributed by atoms with Crippen molar-refractivity contribution in [2.75, 3.05) is 14.2 Å². The van der Waals surface area contributed by atoms with Gasteiger partial charge in [0, 0.05) is 11.1 Å². The van der Waals surface area contributed by atoms with Gasteiger partial charge in [-0.1, -0.05) is 0 Å². The van der Waals surface area contributed by atoms with Crippen LogP contribution < -0.4 is 9.47 Å². The first-order valence-corrected chi connectivity index (χ1v) is 7.13. The number of rotatable bonds is 4. The Labute approximate surface area is 133 Å². The van der Waals surface area contributed by atoms with E-state index in [-0.39, 0.29) is 0 Å². The predicted molar refractivity (Wildman–Crippen MR) is 87.6 cm³/mol. The SMILES string of the molecule is COc1ccc(-c2nc(Cl)[nH]c2-c2ccc(OC)cc2)cc1. The molecular weight excluding hydrogens is 300 g/mol. The molecule has 112 valence electrons. The number of aromatic nitrogens is 2. The molecule has 1 N–H and O–H groups in total. The summed E-state index contributed by atoms with van der Waals surface area (Å²) in [5.74, 6) is 1.61. The van der Waals surface area contributed by atoms with Crippen LogP contribution in [0.15, 0.2) is 48.5 Å². The highest BCUT2D eigenvalue weighted by Crippen LogP contribution is 2.33. The molecule has 3 rings (SSSR count). The molecule has 0 saturated heterocycles. The van der Waals surface area contributed by atoms with Gasteiger partial charge in [0.2, 0.25) is 5.28 Å². The highest BCUT2D eigenvalue weighted by atomic mass is 35.5. The number of ether oxygens (including phenoxy) is 2. The van der Waals surface area contributed by atoms with Crippen LogP contribution in [0.4, 0.5) is 0 Å². The quantitative estimate of drug-likeness (QED) is 0.775. The van der Waals surface area contributed by atoms with Gasteiger partial charge in [-0.3, -0.25) is 0 Å². The molecular formula is C17H15ClN2O2. The third-order valence-electron chi connectivity index (χ3n) is 3.42. The number of benzene rings is 2. The van der Waals surface area contributed by atoms with Gasteiger partial charge in [-0.2, -0.15) is 0 Å². The van der Waals surface area contributed by atoms with Crippen LogP contribution in [0.3, 0.4) is 0 Å². The van der Waals surface area contributed by atoms with Crippen LogP contribution in [-0.2, 0) is 0 Å². The highest BCUT2D eigenvalue weighted by molar-refractivity contribution is 6.28. The van der Waals surface area contributed by atoms with Gasteiger partial charge in [-0.25, -0.2) is 4.98 Å². The average Bonchev–Trinajstić information content (AvgIpc) is 2.97. The molecule has 1 aromatic heterocycles. The Balaban J connectivity index is 2.04. The maximum atomic E-state index is 6.07. The minimum absolute atomic E-state index is 0.358. The van der Waals surface area contributed by atoms with Gasteiger partial charge < -0.3 is 14.5 Å². The van der Waals surface area contributed by atoms with Crippen LogP contribution in [-0.4, -0.2) is 24.2 Å². The average molecular weight is 315 g/mol. The molecule has 0 bridgehead atoms. The van der Waals surface area contributed by atoms with Crippen molar-refractivity contribution >= 4 is 11.6 Å². The van der Waals surface area contributed by atoms with Crippen molar-refractivity contribution in [2.24, 2.45) is 0 Å². The van der Waals surface area contributed by atoms with Gasteiger partial charge in [0.1, 0.15) is 11.5 Å². The maximum absolute atomic E-state index is 6.07. The van der Waals surface area contributed by atoms with Gasteiger partial charge in [0.25, 0.3) is 0 Å². The lowest BCUT2D eigenvalue weighted by Gasteiger charge is -2.06. The monoisotopic (exact) mass is 314 g/mol. The Bertz CT molecular complexity index is 699. The van der Waals surface area contributed by atoms with E-state index in [0.717, 1.165) is 34.0 Å². The first-order chi connectivity index (χ1) is 10.7. The number of imidazole rings is 1. The Morgan fingerprint density at radius 2 is 1.32 bits per heavy atom. The summed E-state index contributed by atoms with van der Waals surface area (Å²) in [5.41, 5.74) is 3.64. The molecule has 0 spiro atoms.